The number of hydrogen-bond acceptors (Lipinski definition) is 3. The van der Waals surface area contributed by atoms with Crippen molar-refractivity contribution in [3.8, 4) is 5.75 Å². The lowest BCUT2D eigenvalue weighted by Crippen LogP contribution is -2.15. The molecule has 0 amide bonds. The highest BCUT2D eigenvalue weighted by atomic mass is 35.5. The summed E-state index contributed by atoms with van der Waals surface area (Å²) in [7, 11) is 0. The number of pyridine rings is 1. The maximum Gasteiger partial charge on any atom is 0.126 e. The van der Waals surface area contributed by atoms with E-state index >= 15 is 0 Å². The number of phenols is 1. The monoisotopic (exact) mass is 436 g/mol. The van der Waals surface area contributed by atoms with Gasteiger partial charge in [0.2, 0.25) is 0 Å². The van der Waals surface area contributed by atoms with Crippen molar-refractivity contribution < 1.29 is 5.11 Å². The molecular formula is C25H22Cl2N2O. The van der Waals surface area contributed by atoms with E-state index in [-0.39, 0.29) is 5.75 Å². The molecule has 2 aromatic carbocycles. The summed E-state index contributed by atoms with van der Waals surface area (Å²) in [5.41, 5.74) is 5.47. The van der Waals surface area contributed by atoms with Crippen LogP contribution in [0.4, 0.5) is 5.82 Å². The second kappa shape index (κ2) is 8.55. The Morgan fingerprint density at radius 1 is 1.00 bits per heavy atom. The summed E-state index contributed by atoms with van der Waals surface area (Å²) >= 11 is 12.8. The molecule has 0 bridgehead atoms. The number of aromatic hydroxyl groups is 1. The minimum Gasteiger partial charge on any atom is -0.507 e. The number of nitrogens with zero attached hydrogens (tertiary/aromatic N) is 1. The number of hydrogen-bond donors (Lipinski definition) is 2. The molecule has 152 valence electrons. The summed E-state index contributed by atoms with van der Waals surface area (Å²) in [6, 6.07) is 14.7. The standard InChI is InChI=1S/C25H22Cl2N2O/c1-15-6-8-17-9-12-20(25(30)19(17)11-7-15)24(21-14-18(26)10-13-22(21)27)29-23-5-3-4-16(2)28-23/h3-10,12-14,24,30H,11H2,1-2H3,(H,28,29). The summed E-state index contributed by atoms with van der Waals surface area (Å²) < 4.78 is 0. The van der Waals surface area contributed by atoms with Crippen molar-refractivity contribution >= 4 is 35.1 Å². The number of aryl methyl sites for hydroxylation is 1. The number of rotatable bonds is 4. The van der Waals surface area contributed by atoms with Crippen LogP contribution in [-0.4, -0.2) is 10.1 Å². The molecule has 30 heavy (non-hydrogen) atoms. The fourth-order valence-corrected chi connectivity index (χ4v) is 4.06. The van der Waals surface area contributed by atoms with E-state index in [1.165, 1.54) is 5.57 Å². The van der Waals surface area contributed by atoms with Crippen LogP contribution < -0.4 is 5.32 Å². The molecule has 3 aromatic rings. The van der Waals surface area contributed by atoms with Crippen LogP contribution in [0.25, 0.3) is 6.08 Å². The van der Waals surface area contributed by atoms with Crippen molar-refractivity contribution in [2.75, 3.05) is 5.32 Å². The average Bonchev–Trinajstić information content (AvgIpc) is 2.91. The Morgan fingerprint density at radius 2 is 1.83 bits per heavy atom. The summed E-state index contributed by atoms with van der Waals surface area (Å²) in [5.74, 6) is 0.949. The maximum atomic E-state index is 11.3. The van der Waals surface area contributed by atoms with Crippen molar-refractivity contribution in [3.05, 3.63) is 104 Å². The van der Waals surface area contributed by atoms with Gasteiger partial charge in [0, 0.05) is 26.9 Å². The lowest BCUT2D eigenvalue weighted by molar-refractivity contribution is 0.461. The fourth-order valence-electron chi connectivity index (χ4n) is 3.66. The number of fused-ring (bicyclic) bond motifs is 1. The molecular weight excluding hydrogens is 415 g/mol. The second-order valence-corrected chi connectivity index (χ2v) is 8.31. The van der Waals surface area contributed by atoms with E-state index < -0.39 is 6.04 Å². The van der Waals surface area contributed by atoms with Gasteiger partial charge >= 0.3 is 0 Å². The highest BCUT2D eigenvalue weighted by Gasteiger charge is 2.24. The molecule has 0 saturated carbocycles. The zero-order chi connectivity index (χ0) is 21.3. The normalized spacial score (nSPS) is 13.9. The molecule has 1 unspecified atom stereocenters. The minimum absolute atomic E-state index is 0.254. The Labute approximate surface area is 186 Å². The van der Waals surface area contributed by atoms with Crippen molar-refractivity contribution in [2.24, 2.45) is 0 Å². The highest BCUT2D eigenvalue weighted by Crippen LogP contribution is 2.40. The third kappa shape index (κ3) is 4.23. The second-order valence-electron chi connectivity index (χ2n) is 7.46. The zero-order valence-electron chi connectivity index (χ0n) is 16.8. The van der Waals surface area contributed by atoms with Crippen LogP contribution in [0.2, 0.25) is 10.0 Å². The fraction of sp³-hybridized carbons (Fsp3) is 0.160. The van der Waals surface area contributed by atoms with Gasteiger partial charge in [0.25, 0.3) is 0 Å². The molecule has 1 aliphatic rings. The largest absolute Gasteiger partial charge is 0.507 e. The van der Waals surface area contributed by atoms with Crippen molar-refractivity contribution in [1.29, 1.82) is 0 Å². The first-order valence-electron chi connectivity index (χ1n) is 9.77. The van der Waals surface area contributed by atoms with E-state index in [1.807, 2.05) is 49.4 Å². The molecule has 0 spiro atoms. The van der Waals surface area contributed by atoms with Crippen molar-refractivity contribution in [2.45, 2.75) is 26.3 Å². The third-order valence-electron chi connectivity index (χ3n) is 5.26. The molecule has 5 heteroatoms. The van der Waals surface area contributed by atoms with Gasteiger partial charge in [0.1, 0.15) is 11.6 Å². The predicted octanol–water partition coefficient (Wildman–Crippen LogP) is 7.12. The van der Waals surface area contributed by atoms with Crippen LogP contribution in [0.5, 0.6) is 5.75 Å². The van der Waals surface area contributed by atoms with Gasteiger partial charge in [-0.1, -0.05) is 65.2 Å². The topological polar surface area (TPSA) is 45.2 Å². The summed E-state index contributed by atoms with van der Waals surface area (Å²) in [6.07, 6.45) is 6.87. The lowest BCUT2D eigenvalue weighted by Gasteiger charge is -2.24. The number of phenolic OH excluding ortho intramolecular Hbond substituents is 1. The van der Waals surface area contributed by atoms with Crippen LogP contribution in [0, 0.1) is 6.92 Å². The van der Waals surface area contributed by atoms with Gasteiger partial charge in [-0.3, -0.25) is 0 Å². The first-order valence-corrected chi connectivity index (χ1v) is 10.5. The molecule has 1 heterocycles. The van der Waals surface area contributed by atoms with Gasteiger partial charge in [-0.25, -0.2) is 4.98 Å². The number of anilines is 1. The zero-order valence-corrected chi connectivity index (χ0v) is 18.3. The molecule has 1 aromatic heterocycles. The van der Waals surface area contributed by atoms with Gasteiger partial charge in [-0.05, 0) is 61.7 Å². The number of benzene rings is 2. The van der Waals surface area contributed by atoms with Crippen molar-refractivity contribution in [3.63, 3.8) is 0 Å². The van der Waals surface area contributed by atoms with E-state index in [1.54, 1.807) is 12.1 Å². The van der Waals surface area contributed by atoms with E-state index in [0.29, 0.717) is 22.3 Å². The Bertz CT molecular complexity index is 1170. The quantitative estimate of drug-likeness (QED) is 0.457. The summed E-state index contributed by atoms with van der Waals surface area (Å²) in [5, 5.41) is 15.9. The SMILES string of the molecule is CC1=CCc2c(ccc(C(Nc3cccc(C)n3)c3cc(Cl)ccc3Cl)c2O)C=C1. The molecule has 2 N–H and O–H groups in total. The smallest absolute Gasteiger partial charge is 0.126 e. The minimum atomic E-state index is -0.423. The van der Waals surface area contributed by atoms with Crippen molar-refractivity contribution in [1.82, 2.24) is 4.98 Å². The highest BCUT2D eigenvalue weighted by molar-refractivity contribution is 6.33. The predicted molar refractivity (Wildman–Crippen MR) is 126 cm³/mol. The maximum absolute atomic E-state index is 11.3. The van der Waals surface area contributed by atoms with E-state index in [9.17, 15) is 5.11 Å². The molecule has 0 saturated heterocycles. The third-order valence-corrected chi connectivity index (χ3v) is 5.84. The van der Waals surface area contributed by atoms with Crippen LogP contribution >= 0.6 is 23.2 Å². The average molecular weight is 437 g/mol. The molecule has 1 atom stereocenters. The van der Waals surface area contributed by atoms with Gasteiger partial charge in [0.15, 0.2) is 0 Å². The molecule has 0 fully saturated rings. The van der Waals surface area contributed by atoms with Gasteiger partial charge < -0.3 is 10.4 Å². The van der Waals surface area contributed by atoms with E-state index in [2.05, 4.69) is 29.4 Å². The van der Waals surface area contributed by atoms with E-state index in [4.69, 9.17) is 23.2 Å². The first-order chi connectivity index (χ1) is 14.4. The number of nitrogens with one attached hydrogen (secondary N) is 1. The molecule has 4 rings (SSSR count). The van der Waals surface area contributed by atoms with Gasteiger partial charge in [0.05, 0.1) is 6.04 Å². The lowest BCUT2D eigenvalue weighted by atomic mass is 9.92. The Morgan fingerprint density at radius 3 is 2.63 bits per heavy atom. The Hall–Kier alpha value is -2.75. The van der Waals surface area contributed by atoms with E-state index in [0.717, 1.165) is 27.9 Å². The molecule has 3 nitrogen and oxygen atoms in total. The number of aromatic nitrogens is 1. The number of allylic oxidation sites excluding steroid dienone is 3. The van der Waals surface area contributed by atoms with Crippen LogP contribution in [0.1, 0.15) is 40.9 Å². The van der Waals surface area contributed by atoms with Crippen LogP contribution in [0.15, 0.2) is 66.3 Å². The first kappa shape index (κ1) is 20.5. The Balaban J connectivity index is 1.86. The summed E-state index contributed by atoms with van der Waals surface area (Å²) in [4.78, 5) is 4.57. The van der Waals surface area contributed by atoms with Crippen LogP contribution in [-0.2, 0) is 6.42 Å². The van der Waals surface area contributed by atoms with Gasteiger partial charge in [-0.15, -0.1) is 0 Å². The Kier molecular flexibility index (Phi) is 5.85. The number of halogens is 2. The molecule has 0 radical (unpaired) electrons. The van der Waals surface area contributed by atoms with Gasteiger partial charge in [-0.2, -0.15) is 0 Å². The molecule has 1 aliphatic carbocycles. The van der Waals surface area contributed by atoms with Crippen LogP contribution in [0.3, 0.4) is 0 Å². The summed E-state index contributed by atoms with van der Waals surface area (Å²) in [6.45, 7) is 3.99. The molecule has 0 aliphatic heterocycles.